The van der Waals surface area contributed by atoms with Gasteiger partial charge < -0.3 is 15.8 Å². The van der Waals surface area contributed by atoms with E-state index in [4.69, 9.17) is 15.7 Å². The number of nitrogens with one attached hydrogen (secondary N) is 1. The Kier molecular flexibility index (Phi) is 5.15. The highest BCUT2D eigenvalue weighted by Gasteiger charge is 2.07. The predicted molar refractivity (Wildman–Crippen MR) is 70.1 cm³/mol. The molecule has 0 atom stereocenters. The summed E-state index contributed by atoms with van der Waals surface area (Å²) in [6, 6.07) is 6.00. The lowest BCUT2D eigenvalue weighted by Crippen LogP contribution is -2.00. The molecule has 1 aromatic carbocycles. The number of anilines is 2. The smallest absolute Gasteiger partial charge is 0.124 e. The number of ether oxygens (including phenoxy) is 1. The van der Waals surface area contributed by atoms with Gasteiger partial charge in [0.1, 0.15) is 5.75 Å². The van der Waals surface area contributed by atoms with Crippen LogP contribution in [0.1, 0.15) is 24.8 Å². The number of hydrogen-bond acceptors (Lipinski definition) is 4. The Bertz CT molecular complexity index is 410. The minimum atomic E-state index is 0.607. The molecule has 4 nitrogen and oxygen atoms in total. The molecule has 4 heteroatoms. The van der Waals surface area contributed by atoms with Gasteiger partial charge >= 0.3 is 0 Å². The Balaban J connectivity index is 2.78. The third-order valence-electron chi connectivity index (χ3n) is 2.71. The maximum atomic E-state index is 8.48. The molecular formula is C13H19N3O. The molecule has 0 radical (unpaired) electrons. The number of methoxy groups -OCH3 is 1. The monoisotopic (exact) mass is 233 g/mol. The number of hydrogen-bond donors (Lipinski definition) is 2. The minimum Gasteiger partial charge on any atom is -0.496 e. The van der Waals surface area contributed by atoms with Crippen molar-refractivity contribution >= 4 is 11.4 Å². The second-order valence-corrected chi connectivity index (χ2v) is 3.87. The molecule has 0 fully saturated rings. The zero-order chi connectivity index (χ0) is 12.7. The molecule has 0 aliphatic rings. The lowest BCUT2D eigenvalue weighted by molar-refractivity contribution is 0.409. The predicted octanol–water partition coefficient (Wildman–Crippen LogP) is 2.56. The first kappa shape index (κ1) is 13.2. The second-order valence-electron chi connectivity index (χ2n) is 3.87. The number of rotatable bonds is 6. The van der Waals surface area contributed by atoms with Crippen molar-refractivity contribution in [3.63, 3.8) is 0 Å². The molecule has 0 saturated heterocycles. The van der Waals surface area contributed by atoms with Crippen molar-refractivity contribution < 1.29 is 4.74 Å². The van der Waals surface area contributed by atoms with E-state index < -0.39 is 0 Å². The van der Waals surface area contributed by atoms with Crippen LogP contribution in [0.5, 0.6) is 5.75 Å². The summed E-state index contributed by atoms with van der Waals surface area (Å²) in [4.78, 5) is 0. The van der Waals surface area contributed by atoms with Crippen LogP contribution in [0, 0.1) is 11.3 Å². The van der Waals surface area contributed by atoms with Crippen LogP contribution in [0.15, 0.2) is 12.1 Å². The lowest BCUT2D eigenvalue weighted by Gasteiger charge is -2.13. The average Bonchev–Trinajstić information content (AvgIpc) is 2.35. The van der Waals surface area contributed by atoms with Gasteiger partial charge in [-0.25, -0.2) is 0 Å². The third-order valence-corrected chi connectivity index (χ3v) is 2.71. The molecule has 0 aliphatic heterocycles. The van der Waals surface area contributed by atoms with Crippen LogP contribution in [-0.4, -0.2) is 14.2 Å². The molecule has 0 spiro atoms. The molecule has 1 aromatic rings. The Morgan fingerprint density at radius 2 is 2.18 bits per heavy atom. The maximum absolute atomic E-state index is 8.48. The Labute approximate surface area is 102 Å². The maximum Gasteiger partial charge on any atom is 0.124 e. The molecule has 0 heterocycles. The summed E-state index contributed by atoms with van der Waals surface area (Å²) in [5.74, 6) is 0.818. The van der Waals surface area contributed by atoms with E-state index >= 15 is 0 Å². The van der Waals surface area contributed by atoms with E-state index in [1.807, 2.05) is 19.2 Å². The first-order valence-corrected chi connectivity index (χ1v) is 5.74. The minimum absolute atomic E-state index is 0.607. The van der Waals surface area contributed by atoms with Gasteiger partial charge in [0.05, 0.1) is 24.6 Å². The molecule has 0 bridgehead atoms. The zero-order valence-electron chi connectivity index (χ0n) is 10.4. The highest BCUT2D eigenvalue weighted by Crippen LogP contribution is 2.29. The van der Waals surface area contributed by atoms with E-state index in [1.54, 1.807) is 7.11 Å². The number of nitriles is 1. The van der Waals surface area contributed by atoms with Crippen molar-refractivity contribution in [3.05, 3.63) is 17.7 Å². The van der Waals surface area contributed by atoms with Crippen molar-refractivity contribution in [1.29, 1.82) is 5.26 Å². The summed E-state index contributed by atoms with van der Waals surface area (Å²) >= 11 is 0. The largest absolute Gasteiger partial charge is 0.496 e. The van der Waals surface area contributed by atoms with Gasteiger partial charge in [-0.3, -0.25) is 0 Å². The molecule has 0 aromatic heterocycles. The van der Waals surface area contributed by atoms with E-state index in [-0.39, 0.29) is 0 Å². The Morgan fingerprint density at radius 1 is 1.41 bits per heavy atom. The van der Waals surface area contributed by atoms with E-state index in [1.165, 1.54) is 0 Å². The van der Waals surface area contributed by atoms with Crippen molar-refractivity contribution in [1.82, 2.24) is 0 Å². The summed E-state index contributed by atoms with van der Waals surface area (Å²) in [5.41, 5.74) is 8.60. The van der Waals surface area contributed by atoms with Crippen LogP contribution in [0.25, 0.3) is 0 Å². The summed E-state index contributed by atoms with van der Waals surface area (Å²) in [6.07, 6.45) is 3.41. The van der Waals surface area contributed by atoms with Gasteiger partial charge in [0, 0.05) is 19.5 Å². The quantitative estimate of drug-likeness (QED) is 0.585. The van der Waals surface area contributed by atoms with Gasteiger partial charge in [-0.15, -0.1) is 0 Å². The average molecular weight is 233 g/mol. The van der Waals surface area contributed by atoms with Crippen molar-refractivity contribution in [2.45, 2.75) is 25.7 Å². The fourth-order valence-electron chi connectivity index (χ4n) is 1.76. The van der Waals surface area contributed by atoms with Gasteiger partial charge in [-0.1, -0.05) is 0 Å². The van der Waals surface area contributed by atoms with Crippen molar-refractivity contribution in [2.75, 3.05) is 25.2 Å². The number of nitrogen functional groups attached to an aromatic ring is 1. The van der Waals surface area contributed by atoms with Crippen LogP contribution in [0.4, 0.5) is 11.4 Å². The van der Waals surface area contributed by atoms with Gasteiger partial charge in [-0.2, -0.15) is 5.26 Å². The molecule has 0 amide bonds. The van der Waals surface area contributed by atoms with Gasteiger partial charge in [0.25, 0.3) is 0 Å². The van der Waals surface area contributed by atoms with Gasteiger partial charge in [0.2, 0.25) is 0 Å². The number of benzene rings is 1. The van der Waals surface area contributed by atoms with Crippen LogP contribution in [-0.2, 0) is 6.42 Å². The van der Waals surface area contributed by atoms with Crippen molar-refractivity contribution in [3.8, 4) is 11.8 Å². The second kappa shape index (κ2) is 6.64. The summed E-state index contributed by atoms with van der Waals surface area (Å²) in [7, 11) is 3.49. The van der Waals surface area contributed by atoms with Gasteiger partial charge in [0.15, 0.2) is 0 Å². The molecule has 92 valence electrons. The first-order chi connectivity index (χ1) is 8.22. The third kappa shape index (κ3) is 3.56. The summed E-state index contributed by atoms with van der Waals surface area (Å²) in [5, 5.41) is 11.5. The Hall–Kier alpha value is -1.89. The number of unbranched alkanes of at least 4 members (excludes halogenated alkanes) is 2. The lowest BCUT2D eigenvalue weighted by atomic mass is 10.0. The SMILES string of the molecule is CNc1cc(CCCCC#N)c(OC)cc1N. The fourth-order valence-corrected chi connectivity index (χ4v) is 1.76. The zero-order valence-corrected chi connectivity index (χ0v) is 10.4. The number of nitrogens with two attached hydrogens (primary N) is 1. The van der Waals surface area contributed by atoms with E-state index in [0.717, 1.165) is 36.3 Å². The van der Waals surface area contributed by atoms with Crippen molar-refractivity contribution in [2.24, 2.45) is 0 Å². The fraction of sp³-hybridized carbons (Fsp3) is 0.462. The highest BCUT2D eigenvalue weighted by atomic mass is 16.5. The number of aryl methyl sites for hydroxylation is 1. The highest BCUT2D eigenvalue weighted by molar-refractivity contribution is 5.70. The molecule has 0 aliphatic carbocycles. The molecule has 0 unspecified atom stereocenters. The van der Waals surface area contributed by atoms with Crippen LogP contribution in [0.3, 0.4) is 0 Å². The molecule has 1 rings (SSSR count). The van der Waals surface area contributed by atoms with Gasteiger partial charge in [-0.05, 0) is 30.9 Å². The Morgan fingerprint density at radius 3 is 2.76 bits per heavy atom. The van der Waals surface area contributed by atoms with Crippen LogP contribution in [0.2, 0.25) is 0 Å². The summed E-state index contributed by atoms with van der Waals surface area (Å²) < 4.78 is 5.31. The molecule has 3 N–H and O–H groups in total. The van der Waals surface area contributed by atoms with E-state index in [2.05, 4.69) is 11.4 Å². The standard InChI is InChI=1S/C13H19N3O/c1-16-12-8-10(6-4-3-5-7-14)13(17-2)9-11(12)15/h8-9,16H,3-6,15H2,1-2H3. The molecular weight excluding hydrogens is 214 g/mol. The number of nitrogens with zero attached hydrogens (tertiary/aromatic N) is 1. The summed E-state index contributed by atoms with van der Waals surface area (Å²) in [6.45, 7) is 0. The van der Waals surface area contributed by atoms with Crippen LogP contribution < -0.4 is 15.8 Å². The van der Waals surface area contributed by atoms with E-state index in [0.29, 0.717) is 12.1 Å². The normalized spacial score (nSPS) is 9.71. The van der Waals surface area contributed by atoms with Crippen LogP contribution >= 0.6 is 0 Å². The van der Waals surface area contributed by atoms with E-state index in [9.17, 15) is 0 Å². The molecule has 0 saturated carbocycles. The first-order valence-electron chi connectivity index (χ1n) is 5.74. The molecule has 17 heavy (non-hydrogen) atoms. The topological polar surface area (TPSA) is 71.1 Å².